The lowest BCUT2D eigenvalue weighted by Gasteiger charge is -2.10. The molecule has 0 saturated carbocycles. The first-order valence-electron chi connectivity index (χ1n) is 5.45. The van der Waals surface area contributed by atoms with E-state index in [0.29, 0.717) is 5.69 Å². The van der Waals surface area contributed by atoms with Crippen LogP contribution in [0, 0.1) is 6.92 Å². The van der Waals surface area contributed by atoms with Gasteiger partial charge in [-0.15, -0.1) is 11.3 Å². The van der Waals surface area contributed by atoms with E-state index >= 15 is 0 Å². The molecular weight excluding hydrogens is 341 g/mol. The van der Waals surface area contributed by atoms with E-state index in [1.165, 1.54) is 23.5 Å². The Morgan fingerprint density at radius 2 is 2.10 bits per heavy atom. The largest absolute Gasteiger partial charge is 0.398 e. The smallest absolute Gasteiger partial charge is 0.244 e. The molecule has 5 nitrogen and oxygen atoms in total. The number of rotatable bonds is 4. The van der Waals surface area contributed by atoms with Gasteiger partial charge in [0, 0.05) is 10.4 Å². The Hall–Kier alpha value is -0.860. The van der Waals surface area contributed by atoms with Gasteiger partial charge in [-0.3, -0.25) is 0 Å². The minimum atomic E-state index is -3.83. The van der Waals surface area contributed by atoms with Crippen LogP contribution in [0.25, 0.3) is 0 Å². The van der Waals surface area contributed by atoms with Gasteiger partial charge in [-0.1, -0.05) is 23.2 Å². The molecular formula is C11H11Cl2N3O2S2. The molecule has 1 aromatic heterocycles. The predicted octanol–water partition coefficient (Wildman–Crippen LogP) is 2.82. The molecule has 1 aromatic carbocycles. The molecule has 0 amide bonds. The maximum Gasteiger partial charge on any atom is 0.244 e. The van der Waals surface area contributed by atoms with Gasteiger partial charge in [0.05, 0.1) is 28.0 Å². The summed E-state index contributed by atoms with van der Waals surface area (Å²) in [5, 5.41) is 2.91. The Kier molecular flexibility index (Phi) is 4.55. The number of aromatic nitrogens is 1. The third-order valence-electron chi connectivity index (χ3n) is 2.42. The van der Waals surface area contributed by atoms with E-state index in [-0.39, 0.29) is 27.2 Å². The average molecular weight is 352 g/mol. The summed E-state index contributed by atoms with van der Waals surface area (Å²) in [5.41, 5.74) is 6.32. The molecule has 0 atom stereocenters. The topological polar surface area (TPSA) is 85.1 Å². The zero-order valence-electron chi connectivity index (χ0n) is 10.4. The SMILES string of the molecule is Cc1nc(CNS(=O)(=O)c2c(N)cc(Cl)cc2Cl)cs1. The van der Waals surface area contributed by atoms with Crippen LogP contribution in [0.3, 0.4) is 0 Å². The van der Waals surface area contributed by atoms with Gasteiger partial charge in [-0.05, 0) is 19.1 Å². The third kappa shape index (κ3) is 3.42. The van der Waals surface area contributed by atoms with Gasteiger partial charge in [0.15, 0.2) is 0 Å². The van der Waals surface area contributed by atoms with Crippen molar-refractivity contribution in [3.05, 3.63) is 38.3 Å². The number of nitrogens with two attached hydrogens (primary N) is 1. The number of hydrogen-bond acceptors (Lipinski definition) is 5. The molecule has 0 spiro atoms. The predicted molar refractivity (Wildman–Crippen MR) is 81.8 cm³/mol. The van der Waals surface area contributed by atoms with E-state index < -0.39 is 10.0 Å². The van der Waals surface area contributed by atoms with Crippen LogP contribution in [-0.2, 0) is 16.6 Å². The van der Waals surface area contributed by atoms with Crippen molar-refractivity contribution in [3.8, 4) is 0 Å². The molecule has 2 aromatic rings. The summed E-state index contributed by atoms with van der Waals surface area (Å²) in [5.74, 6) is 0. The van der Waals surface area contributed by atoms with Crippen molar-refractivity contribution >= 4 is 50.2 Å². The van der Waals surface area contributed by atoms with E-state index in [2.05, 4.69) is 9.71 Å². The molecule has 0 radical (unpaired) electrons. The van der Waals surface area contributed by atoms with Crippen molar-refractivity contribution in [2.45, 2.75) is 18.4 Å². The van der Waals surface area contributed by atoms with Crippen LogP contribution >= 0.6 is 34.5 Å². The van der Waals surface area contributed by atoms with E-state index in [4.69, 9.17) is 28.9 Å². The Labute approximate surface area is 130 Å². The summed E-state index contributed by atoms with van der Waals surface area (Å²) >= 11 is 13.1. The maximum atomic E-state index is 12.2. The molecule has 3 N–H and O–H groups in total. The summed E-state index contributed by atoms with van der Waals surface area (Å²) in [6.45, 7) is 1.92. The van der Waals surface area contributed by atoms with Crippen LogP contribution in [0.1, 0.15) is 10.7 Å². The lowest BCUT2D eigenvalue weighted by atomic mass is 10.3. The number of anilines is 1. The van der Waals surface area contributed by atoms with Gasteiger partial charge < -0.3 is 5.73 Å². The fourth-order valence-corrected chi connectivity index (χ4v) is 4.19. The zero-order valence-corrected chi connectivity index (χ0v) is 13.5. The first kappa shape index (κ1) is 15.5. The number of thiazole rings is 1. The standard InChI is InChI=1S/C11H11Cl2N3O2S2/c1-6-16-8(5-19-6)4-15-20(17,18)11-9(13)2-7(12)3-10(11)14/h2-3,5,15H,4,14H2,1H3. The Morgan fingerprint density at radius 3 is 2.65 bits per heavy atom. The Morgan fingerprint density at radius 1 is 1.40 bits per heavy atom. The minimum absolute atomic E-state index is 0.00413. The van der Waals surface area contributed by atoms with Crippen molar-refractivity contribution in [2.24, 2.45) is 0 Å². The van der Waals surface area contributed by atoms with Gasteiger partial charge in [0.1, 0.15) is 4.90 Å². The Bertz CT molecular complexity index is 721. The number of nitrogens with one attached hydrogen (secondary N) is 1. The molecule has 0 aliphatic heterocycles. The van der Waals surface area contributed by atoms with E-state index in [1.807, 2.05) is 6.92 Å². The van der Waals surface area contributed by atoms with E-state index in [0.717, 1.165) is 5.01 Å². The number of hydrogen-bond donors (Lipinski definition) is 2. The summed E-state index contributed by atoms with van der Waals surface area (Å²) in [4.78, 5) is 4.00. The molecule has 0 aliphatic rings. The van der Waals surface area contributed by atoms with Crippen LogP contribution < -0.4 is 10.5 Å². The average Bonchev–Trinajstić information content (AvgIpc) is 2.71. The van der Waals surface area contributed by atoms with Gasteiger partial charge in [0.25, 0.3) is 0 Å². The first-order chi connectivity index (χ1) is 9.29. The number of sulfonamides is 1. The van der Waals surface area contributed by atoms with Gasteiger partial charge in [-0.25, -0.2) is 18.1 Å². The highest BCUT2D eigenvalue weighted by Crippen LogP contribution is 2.31. The van der Waals surface area contributed by atoms with Gasteiger partial charge in [-0.2, -0.15) is 0 Å². The molecule has 1 heterocycles. The number of halogens is 2. The molecule has 0 unspecified atom stereocenters. The second-order valence-electron chi connectivity index (χ2n) is 3.99. The minimum Gasteiger partial charge on any atom is -0.398 e. The second-order valence-corrected chi connectivity index (χ2v) is 7.60. The lowest BCUT2D eigenvalue weighted by molar-refractivity contribution is 0.581. The van der Waals surface area contributed by atoms with Crippen molar-refractivity contribution < 1.29 is 8.42 Å². The highest BCUT2D eigenvalue weighted by molar-refractivity contribution is 7.89. The first-order valence-corrected chi connectivity index (χ1v) is 8.56. The van der Waals surface area contributed by atoms with E-state index in [9.17, 15) is 8.42 Å². The fraction of sp³-hybridized carbons (Fsp3) is 0.182. The van der Waals surface area contributed by atoms with Crippen LogP contribution in [0.2, 0.25) is 10.0 Å². The third-order valence-corrected chi connectivity index (χ3v) is 5.38. The number of nitrogens with zero attached hydrogens (tertiary/aromatic N) is 1. The van der Waals surface area contributed by atoms with Crippen LogP contribution in [0.4, 0.5) is 5.69 Å². The summed E-state index contributed by atoms with van der Waals surface area (Å²) < 4.78 is 26.9. The molecule has 2 rings (SSSR count). The van der Waals surface area contributed by atoms with Crippen LogP contribution in [-0.4, -0.2) is 13.4 Å². The highest BCUT2D eigenvalue weighted by atomic mass is 35.5. The van der Waals surface area contributed by atoms with Gasteiger partial charge >= 0.3 is 0 Å². The van der Waals surface area contributed by atoms with Crippen LogP contribution in [0.15, 0.2) is 22.4 Å². The zero-order chi connectivity index (χ0) is 14.9. The number of nitrogen functional groups attached to an aromatic ring is 1. The molecule has 108 valence electrons. The van der Waals surface area contributed by atoms with Gasteiger partial charge in [0.2, 0.25) is 10.0 Å². The van der Waals surface area contributed by atoms with E-state index in [1.54, 1.807) is 5.38 Å². The summed E-state index contributed by atoms with van der Waals surface area (Å²) in [6, 6.07) is 2.68. The molecule has 9 heteroatoms. The molecule has 20 heavy (non-hydrogen) atoms. The molecule has 0 saturated heterocycles. The summed E-state index contributed by atoms with van der Waals surface area (Å²) in [7, 11) is -3.83. The van der Waals surface area contributed by atoms with Crippen molar-refractivity contribution in [2.75, 3.05) is 5.73 Å². The lowest BCUT2D eigenvalue weighted by Crippen LogP contribution is -2.24. The highest BCUT2D eigenvalue weighted by Gasteiger charge is 2.22. The molecule has 0 fully saturated rings. The van der Waals surface area contributed by atoms with Crippen molar-refractivity contribution in [1.82, 2.24) is 9.71 Å². The second kappa shape index (κ2) is 5.87. The van der Waals surface area contributed by atoms with Crippen molar-refractivity contribution in [1.29, 1.82) is 0 Å². The fourth-order valence-electron chi connectivity index (χ4n) is 1.59. The molecule has 0 bridgehead atoms. The maximum absolute atomic E-state index is 12.2. The van der Waals surface area contributed by atoms with Crippen LogP contribution in [0.5, 0.6) is 0 Å². The summed E-state index contributed by atoms with van der Waals surface area (Å²) in [6.07, 6.45) is 0. The number of benzene rings is 1. The molecule has 0 aliphatic carbocycles. The monoisotopic (exact) mass is 351 g/mol. The van der Waals surface area contributed by atoms with Crippen molar-refractivity contribution in [3.63, 3.8) is 0 Å². The quantitative estimate of drug-likeness (QED) is 0.829. The number of aryl methyl sites for hydroxylation is 1. The normalized spacial score (nSPS) is 11.8. The Balaban J connectivity index is 2.27.